The number of ether oxygens (including phenoxy) is 1. The molecule has 2 fully saturated rings. The standard InChI is InChI=1S/C55H68N10O10/c56-51(71)49-50(36-12-20-42(21-13-36)75-41-9-2-1-3-10-41)60-65-46(24-28-57-52(49)65)35-25-29-62(30-26-35)55(74)45-33-63(61-59-45)31-27-40(69)19-18-39(68)17-16-38(67)15-14-37(66)8-4-6-34-7-5-11-43-44(34)32-64(54(43)73)47-22-23-48(70)58-53(47)72/h1-3,5,7,9-13,20-21,33,35,37-40,46-47,57,66-69H,4,6,8,14-19,22-32H2,(H2,56,71)(H,58,70,72)/t37?,38?,39?,40?,46-,47?/m0/s1. The molecule has 0 bridgehead atoms. The molecule has 4 aliphatic heterocycles. The number of carbonyl (C=O) groups excluding carboxylic acids is 5. The van der Waals surface area contributed by atoms with Crippen LogP contribution in [-0.4, -0.2) is 135 Å². The topological polar surface area (TPSA) is 281 Å². The van der Waals surface area contributed by atoms with Gasteiger partial charge in [0.25, 0.3) is 17.7 Å². The monoisotopic (exact) mass is 1030 g/mol. The van der Waals surface area contributed by atoms with Crippen LogP contribution in [0.4, 0.5) is 5.82 Å². The van der Waals surface area contributed by atoms with Crippen molar-refractivity contribution in [3.63, 3.8) is 0 Å². The molecule has 2 saturated heterocycles. The summed E-state index contributed by atoms with van der Waals surface area (Å²) in [7, 11) is 0. The summed E-state index contributed by atoms with van der Waals surface area (Å²) in [5, 5.41) is 61.7. The number of amides is 5. The van der Waals surface area contributed by atoms with Crippen LogP contribution < -0.4 is 21.1 Å². The number of fused-ring (bicyclic) bond motifs is 2. The molecule has 6 atom stereocenters. The number of likely N-dealkylation sites (tertiary alicyclic amines) is 1. The molecule has 5 unspecified atom stereocenters. The highest BCUT2D eigenvalue weighted by atomic mass is 16.5. The van der Waals surface area contributed by atoms with Crippen molar-refractivity contribution >= 4 is 35.4 Å². The van der Waals surface area contributed by atoms with Gasteiger partial charge < -0.3 is 46.0 Å². The number of nitrogens with one attached hydrogen (secondary N) is 2. The van der Waals surface area contributed by atoms with E-state index in [1.54, 1.807) is 21.8 Å². The maximum atomic E-state index is 13.6. The second kappa shape index (κ2) is 24.1. The molecule has 20 nitrogen and oxygen atoms in total. The molecule has 3 aromatic carbocycles. The van der Waals surface area contributed by atoms with Crippen LogP contribution in [0.2, 0.25) is 0 Å². The number of hydrogen-bond acceptors (Lipinski definition) is 14. The molecule has 2 aromatic heterocycles. The number of aryl methyl sites for hydroxylation is 2. The van der Waals surface area contributed by atoms with Gasteiger partial charge in [0.1, 0.15) is 34.6 Å². The third kappa shape index (κ3) is 12.8. The first-order valence-electron chi connectivity index (χ1n) is 26.5. The SMILES string of the molecule is NC(=O)c1c(-c2ccc(Oc3ccccc3)cc2)nn2c1NCC[C@H]2C1CCN(C(=O)c2cn(CCC(O)CCC(O)CCC(O)CCC(O)CCCc3cccc4c3CN(C3CCC(=O)NC3=O)C4=O)nn2)CC1. The Kier molecular flexibility index (Phi) is 17.0. The van der Waals surface area contributed by atoms with E-state index >= 15 is 0 Å². The smallest absolute Gasteiger partial charge is 0.276 e. The fraction of sp³-hybridized carbons (Fsp3) is 0.491. The molecule has 75 heavy (non-hydrogen) atoms. The maximum absolute atomic E-state index is 13.6. The van der Waals surface area contributed by atoms with Gasteiger partial charge in [-0.3, -0.25) is 34.0 Å². The van der Waals surface area contributed by atoms with E-state index in [0.717, 1.165) is 36.0 Å². The molecule has 0 spiro atoms. The Balaban J connectivity index is 0.655. The van der Waals surface area contributed by atoms with Gasteiger partial charge in [0.15, 0.2) is 5.69 Å². The molecule has 0 aliphatic carbocycles. The number of aromatic nitrogens is 5. The van der Waals surface area contributed by atoms with Gasteiger partial charge in [0.2, 0.25) is 11.8 Å². The number of para-hydroxylation sites is 1. The molecule has 4 aliphatic rings. The van der Waals surface area contributed by atoms with Crippen molar-refractivity contribution in [2.24, 2.45) is 11.7 Å². The third-order valence-corrected chi connectivity index (χ3v) is 15.3. The number of nitrogens with zero attached hydrogens (tertiary/aromatic N) is 7. The van der Waals surface area contributed by atoms with Crippen LogP contribution in [0.15, 0.2) is 79.0 Å². The van der Waals surface area contributed by atoms with Gasteiger partial charge in [-0.05, 0) is 149 Å². The number of imide groups is 1. The maximum Gasteiger partial charge on any atom is 0.276 e. The fourth-order valence-electron chi connectivity index (χ4n) is 11.1. The zero-order valence-corrected chi connectivity index (χ0v) is 42.1. The molecular formula is C55H68N10O10. The van der Waals surface area contributed by atoms with Crippen molar-refractivity contribution in [1.29, 1.82) is 0 Å². The Morgan fingerprint density at radius 3 is 2.12 bits per heavy atom. The summed E-state index contributed by atoms with van der Waals surface area (Å²) in [4.78, 5) is 67.0. The molecular weight excluding hydrogens is 961 g/mol. The molecule has 9 rings (SSSR count). The number of aliphatic hydroxyl groups is 4. The number of hydrogen-bond donors (Lipinski definition) is 7. The Labute approximate surface area is 435 Å². The number of primary amides is 1. The minimum atomic E-state index is -0.718. The minimum Gasteiger partial charge on any atom is -0.457 e. The lowest BCUT2D eigenvalue weighted by Crippen LogP contribution is -2.52. The number of piperidine rings is 2. The average molecular weight is 1030 g/mol. The number of carbonyl (C=O) groups is 5. The van der Waals surface area contributed by atoms with Gasteiger partial charge in [0, 0.05) is 50.3 Å². The van der Waals surface area contributed by atoms with E-state index in [1.165, 1.54) is 4.90 Å². The molecule has 5 aromatic rings. The molecule has 20 heteroatoms. The zero-order valence-electron chi connectivity index (χ0n) is 42.1. The summed E-state index contributed by atoms with van der Waals surface area (Å²) in [6.45, 7) is 2.34. The van der Waals surface area contributed by atoms with Crippen LogP contribution in [-0.2, 0) is 29.1 Å². The van der Waals surface area contributed by atoms with Gasteiger partial charge in [0.05, 0.1) is 36.7 Å². The average Bonchev–Trinajstić information content (AvgIpc) is 4.18. The molecule has 8 N–H and O–H groups in total. The lowest BCUT2D eigenvalue weighted by molar-refractivity contribution is -0.136. The van der Waals surface area contributed by atoms with Crippen LogP contribution in [0.3, 0.4) is 0 Å². The number of aliphatic hydroxyl groups excluding tert-OH is 4. The van der Waals surface area contributed by atoms with E-state index < -0.39 is 42.3 Å². The number of benzene rings is 3. The first-order chi connectivity index (χ1) is 36.3. The van der Waals surface area contributed by atoms with Gasteiger partial charge in [-0.2, -0.15) is 5.10 Å². The Hall–Kier alpha value is -7.00. The number of rotatable bonds is 23. The van der Waals surface area contributed by atoms with E-state index in [4.69, 9.17) is 15.6 Å². The van der Waals surface area contributed by atoms with Crippen LogP contribution in [0, 0.1) is 5.92 Å². The summed E-state index contributed by atoms with van der Waals surface area (Å²) in [6, 6.07) is 21.8. The van der Waals surface area contributed by atoms with Crippen molar-refractivity contribution in [3.05, 3.63) is 107 Å². The largest absolute Gasteiger partial charge is 0.457 e. The summed E-state index contributed by atoms with van der Waals surface area (Å²) < 4.78 is 9.42. The predicted molar refractivity (Wildman–Crippen MR) is 275 cm³/mol. The van der Waals surface area contributed by atoms with Crippen molar-refractivity contribution in [3.8, 4) is 22.8 Å². The van der Waals surface area contributed by atoms with Crippen LogP contribution in [0.1, 0.15) is 138 Å². The van der Waals surface area contributed by atoms with E-state index in [2.05, 4.69) is 20.9 Å². The van der Waals surface area contributed by atoms with E-state index in [0.29, 0.717) is 137 Å². The van der Waals surface area contributed by atoms with Crippen molar-refractivity contribution < 1.29 is 49.1 Å². The van der Waals surface area contributed by atoms with Gasteiger partial charge in [-0.15, -0.1) is 5.10 Å². The van der Waals surface area contributed by atoms with E-state index in [9.17, 15) is 44.4 Å². The van der Waals surface area contributed by atoms with Gasteiger partial charge >= 0.3 is 0 Å². The molecule has 5 amide bonds. The van der Waals surface area contributed by atoms with Crippen LogP contribution >= 0.6 is 0 Å². The number of nitrogens with two attached hydrogens (primary N) is 1. The summed E-state index contributed by atoms with van der Waals surface area (Å²) in [5.41, 5.74) is 10.2. The van der Waals surface area contributed by atoms with Crippen LogP contribution in [0.25, 0.3) is 11.3 Å². The Morgan fingerprint density at radius 1 is 0.773 bits per heavy atom. The first kappa shape index (κ1) is 52.8. The van der Waals surface area contributed by atoms with Gasteiger partial charge in [-0.25, -0.2) is 4.68 Å². The lowest BCUT2D eigenvalue weighted by Gasteiger charge is -2.38. The van der Waals surface area contributed by atoms with E-state index in [1.807, 2.05) is 71.4 Å². The molecule has 0 radical (unpaired) electrons. The fourth-order valence-corrected chi connectivity index (χ4v) is 11.1. The molecule has 398 valence electrons. The van der Waals surface area contributed by atoms with Crippen molar-refractivity contribution in [2.45, 2.75) is 146 Å². The van der Waals surface area contributed by atoms with Gasteiger partial charge in [-0.1, -0.05) is 35.5 Å². The molecule has 0 saturated carbocycles. The van der Waals surface area contributed by atoms with Crippen molar-refractivity contribution in [1.82, 2.24) is 39.9 Å². The summed E-state index contributed by atoms with van der Waals surface area (Å²) in [6.07, 6.45) is 5.97. The zero-order chi connectivity index (χ0) is 52.6. The summed E-state index contributed by atoms with van der Waals surface area (Å²) in [5.74, 6) is 0.419. The highest BCUT2D eigenvalue weighted by Crippen LogP contribution is 2.41. The highest BCUT2D eigenvalue weighted by molar-refractivity contribution is 6.06. The lowest BCUT2D eigenvalue weighted by atomic mass is 9.86. The third-order valence-electron chi connectivity index (χ3n) is 15.3. The van der Waals surface area contributed by atoms with Crippen LogP contribution in [0.5, 0.6) is 11.5 Å². The predicted octanol–water partition coefficient (Wildman–Crippen LogP) is 4.90. The highest BCUT2D eigenvalue weighted by Gasteiger charge is 2.40. The molecule has 6 heterocycles. The summed E-state index contributed by atoms with van der Waals surface area (Å²) >= 11 is 0. The minimum absolute atomic E-state index is 0.00406. The van der Waals surface area contributed by atoms with E-state index in [-0.39, 0.29) is 41.8 Å². The van der Waals surface area contributed by atoms with Crippen molar-refractivity contribution in [2.75, 3.05) is 25.0 Å². The quantitative estimate of drug-likeness (QED) is 0.0429. The Morgan fingerprint density at radius 2 is 1.44 bits per heavy atom. The second-order valence-electron chi connectivity index (χ2n) is 20.5. The normalized spacial score (nSPS) is 19.4. The number of anilines is 1. The Bertz CT molecular complexity index is 2810. The second-order valence-corrected chi connectivity index (χ2v) is 20.5. The first-order valence-corrected chi connectivity index (χ1v) is 26.5.